The second kappa shape index (κ2) is 5.66. The van der Waals surface area contributed by atoms with Gasteiger partial charge in [-0.25, -0.2) is 0 Å². The highest BCUT2D eigenvalue weighted by Gasteiger charge is 2.33. The molecule has 110 valence electrons. The van der Waals surface area contributed by atoms with Crippen LogP contribution in [0.15, 0.2) is 78.9 Å². The van der Waals surface area contributed by atoms with Crippen molar-refractivity contribution in [2.45, 2.75) is 12.5 Å². The molecule has 0 radical (unpaired) electrons. The molecule has 0 bridgehead atoms. The Morgan fingerprint density at radius 3 is 1.91 bits per heavy atom. The third-order valence-corrected chi connectivity index (χ3v) is 4.06. The smallest absolute Gasteiger partial charge is 0.121 e. The Morgan fingerprint density at radius 1 is 0.727 bits per heavy atom. The van der Waals surface area contributed by atoms with Crippen molar-refractivity contribution >= 4 is 0 Å². The maximum Gasteiger partial charge on any atom is 0.121 e. The molecule has 3 aromatic carbocycles. The number of hydrogen-bond donors (Lipinski definition) is 2. The normalized spacial score (nSPS) is 13.5. The van der Waals surface area contributed by atoms with E-state index in [1.165, 1.54) is 5.56 Å². The van der Waals surface area contributed by atoms with Gasteiger partial charge in [-0.1, -0.05) is 78.4 Å². The van der Waals surface area contributed by atoms with E-state index in [1.54, 1.807) is 12.1 Å². The minimum absolute atomic E-state index is 0.203. The van der Waals surface area contributed by atoms with E-state index in [0.717, 1.165) is 11.1 Å². The van der Waals surface area contributed by atoms with Gasteiger partial charge in [-0.3, -0.25) is 0 Å². The molecule has 22 heavy (non-hydrogen) atoms. The topological polar surface area (TPSA) is 46.2 Å². The maximum absolute atomic E-state index is 10.3. The monoisotopic (exact) mass is 289 g/mol. The SMILES string of the molecule is Cc1ccc([C@](N)(c2ccccc2)c2ccccc2O)cc1. The molecule has 0 heterocycles. The molecule has 0 fully saturated rings. The lowest BCUT2D eigenvalue weighted by molar-refractivity contribution is 0.454. The van der Waals surface area contributed by atoms with Crippen LogP contribution in [-0.4, -0.2) is 5.11 Å². The zero-order valence-corrected chi connectivity index (χ0v) is 12.5. The van der Waals surface area contributed by atoms with Crippen LogP contribution in [0.4, 0.5) is 0 Å². The molecule has 3 N–H and O–H groups in total. The van der Waals surface area contributed by atoms with Gasteiger partial charge in [-0.05, 0) is 24.1 Å². The van der Waals surface area contributed by atoms with Crippen LogP contribution in [0.5, 0.6) is 5.75 Å². The summed E-state index contributed by atoms with van der Waals surface area (Å²) < 4.78 is 0. The van der Waals surface area contributed by atoms with Gasteiger partial charge >= 0.3 is 0 Å². The quantitative estimate of drug-likeness (QED) is 0.717. The van der Waals surface area contributed by atoms with Gasteiger partial charge < -0.3 is 10.8 Å². The van der Waals surface area contributed by atoms with E-state index >= 15 is 0 Å². The molecule has 0 amide bonds. The van der Waals surface area contributed by atoms with E-state index in [2.05, 4.69) is 0 Å². The average molecular weight is 289 g/mol. The van der Waals surface area contributed by atoms with Gasteiger partial charge in [0, 0.05) is 5.56 Å². The number of rotatable bonds is 3. The molecule has 2 nitrogen and oxygen atoms in total. The van der Waals surface area contributed by atoms with Crippen LogP contribution >= 0.6 is 0 Å². The predicted molar refractivity (Wildman–Crippen MR) is 89.8 cm³/mol. The van der Waals surface area contributed by atoms with Crippen LogP contribution in [-0.2, 0) is 5.54 Å². The second-order valence-electron chi connectivity index (χ2n) is 5.56. The van der Waals surface area contributed by atoms with Gasteiger partial charge in [0.15, 0.2) is 0 Å². The largest absolute Gasteiger partial charge is 0.508 e. The van der Waals surface area contributed by atoms with E-state index in [0.29, 0.717) is 5.56 Å². The van der Waals surface area contributed by atoms with Crippen molar-refractivity contribution in [3.63, 3.8) is 0 Å². The third kappa shape index (κ3) is 2.38. The summed E-state index contributed by atoms with van der Waals surface area (Å²) in [6, 6.07) is 25.3. The van der Waals surface area contributed by atoms with Gasteiger partial charge in [0.05, 0.1) is 5.54 Å². The molecule has 0 saturated heterocycles. The first kappa shape index (κ1) is 14.4. The van der Waals surface area contributed by atoms with Gasteiger partial charge in [0.1, 0.15) is 5.75 Å². The molecule has 0 aliphatic rings. The van der Waals surface area contributed by atoms with E-state index in [4.69, 9.17) is 5.73 Å². The summed E-state index contributed by atoms with van der Waals surface area (Å²) in [7, 11) is 0. The number of para-hydroxylation sites is 1. The first-order valence-electron chi connectivity index (χ1n) is 7.32. The van der Waals surface area contributed by atoms with Crippen molar-refractivity contribution in [1.82, 2.24) is 0 Å². The van der Waals surface area contributed by atoms with Gasteiger partial charge in [0.25, 0.3) is 0 Å². The molecule has 0 spiro atoms. The molecule has 3 rings (SSSR count). The standard InChI is InChI=1S/C20H19NO/c1-15-11-13-17(14-12-15)20(21,16-7-3-2-4-8-16)18-9-5-6-10-19(18)22/h2-14,22H,21H2,1H3/t20-/m1/s1. The highest BCUT2D eigenvalue weighted by atomic mass is 16.3. The van der Waals surface area contributed by atoms with E-state index in [1.807, 2.05) is 73.7 Å². The Balaban J connectivity index is 2.27. The van der Waals surface area contributed by atoms with Gasteiger partial charge in [-0.2, -0.15) is 0 Å². The van der Waals surface area contributed by atoms with E-state index < -0.39 is 5.54 Å². The number of benzene rings is 3. The average Bonchev–Trinajstić information content (AvgIpc) is 2.56. The Bertz CT molecular complexity index is 765. The zero-order chi connectivity index (χ0) is 15.6. The Kier molecular flexibility index (Phi) is 3.70. The van der Waals surface area contributed by atoms with Crippen molar-refractivity contribution in [2.75, 3.05) is 0 Å². The van der Waals surface area contributed by atoms with Crippen LogP contribution < -0.4 is 5.73 Å². The lowest BCUT2D eigenvalue weighted by Gasteiger charge is -2.32. The number of aryl methyl sites for hydroxylation is 1. The summed E-state index contributed by atoms with van der Waals surface area (Å²) in [5.74, 6) is 0.203. The summed E-state index contributed by atoms with van der Waals surface area (Å²) >= 11 is 0. The summed E-state index contributed by atoms with van der Waals surface area (Å²) in [5, 5.41) is 10.3. The Labute approximate surface area is 130 Å². The third-order valence-electron chi connectivity index (χ3n) is 4.06. The molecule has 2 heteroatoms. The highest BCUT2D eigenvalue weighted by molar-refractivity contribution is 5.53. The van der Waals surface area contributed by atoms with Crippen LogP contribution in [0.3, 0.4) is 0 Å². The fourth-order valence-corrected chi connectivity index (χ4v) is 2.80. The fourth-order valence-electron chi connectivity index (χ4n) is 2.80. The minimum Gasteiger partial charge on any atom is -0.508 e. The van der Waals surface area contributed by atoms with Gasteiger partial charge in [-0.15, -0.1) is 0 Å². The van der Waals surface area contributed by atoms with Crippen LogP contribution in [0, 0.1) is 6.92 Å². The van der Waals surface area contributed by atoms with Crippen molar-refractivity contribution in [3.8, 4) is 5.75 Å². The molecule has 0 aliphatic carbocycles. The molecule has 3 aromatic rings. The van der Waals surface area contributed by atoms with E-state index in [9.17, 15) is 5.11 Å². The lowest BCUT2D eigenvalue weighted by Crippen LogP contribution is -2.39. The minimum atomic E-state index is -0.889. The van der Waals surface area contributed by atoms with E-state index in [-0.39, 0.29) is 5.75 Å². The fraction of sp³-hybridized carbons (Fsp3) is 0.100. The predicted octanol–water partition coefficient (Wildman–Crippen LogP) is 3.95. The Morgan fingerprint density at radius 2 is 1.27 bits per heavy atom. The van der Waals surface area contributed by atoms with Crippen LogP contribution in [0.2, 0.25) is 0 Å². The molecule has 0 unspecified atom stereocenters. The summed E-state index contributed by atoms with van der Waals surface area (Å²) in [6.45, 7) is 2.05. The first-order valence-corrected chi connectivity index (χ1v) is 7.32. The lowest BCUT2D eigenvalue weighted by atomic mass is 9.77. The number of nitrogens with two attached hydrogens (primary N) is 1. The zero-order valence-electron chi connectivity index (χ0n) is 12.5. The number of hydrogen-bond acceptors (Lipinski definition) is 2. The highest BCUT2D eigenvalue weighted by Crippen LogP contribution is 2.38. The van der Waals surface area contributed by atoms with Crippen molar-refractivity contribution in [2.24, 2.45) is 5.73 Å². The number of phenolic OH excluding ortho intramolecular Hbond substituents is 1. The summed E-state index contributed by atoms with van der Waals surface area (Å²) in [5.41, 5.74) is 9.74. The second-order valence-corrected chi connectivity index (χ2v) is 5.56. The molecule has 1 atom stereocenters. The summed E-state index contributed by atoms with van der Waals surface area (Å²) in [4.78, 5) is 0. The Hall–Kier alpha value is -2.58. The molecular weight excluding hydrogens is 270 g/mol. The molecule has 0 aliphatic heterocycles. The summed E-state index contributed by atoms with van der Waals surface area (Å²) in [6.07, 6.45) is 0. The molecule has 0 saturated carbocycles. The number of phenols is 1. The number of aromatic hydroxyl groups is 1. The molecule has 0 aromatic heterocycles. The van der Waals surface area contributed by atoms with Crippen LogP contribution in [0.1, 0.15) is 22.3 Å². The van der Waals surface area contributed by atoms with Crippen LogP contribution in [0.25, 0.3) is 0 Å². The first-order chi connectivity index (χ1) is 10.6. The van der Waals surface area contributed by atoms with Crippen molar-refractivity contribution in [1.29, 1.82) is 0 Å². The van der Waals surface area contributed by atoms with Gasteiger partial charge in [0.2, 0.25) is 0 Å². The maximum atomic E-state index is 10.3. The molecular formula is C20H19NO. The van der Waals surface area contributed by atoms with Crippen molar-refractivity contribution in [3.05, 3.63) is 101 Å². The van der Waals surface area contributed by atoms with Crippen molar-refractivity contribution < 1.29 is 5.11 Å².